The SMILES string of the molecule is COc1ccc(C(=O)NC(C)C23CC4CC(CC(C4)C2)C3)c(OC)c1OC. The van der Waals surface area contributed by atoms with E-state index in [0.29, 0.717) is 22.8 Å². The highest BCUT2D eigenvalue weighted by Crippen LogP contribution is 2.61. The lowest BCUT2D eigenvalue weighted by molar-refractivity contribution is -0.0688. The molecule has 0 radical (unpaired) electrons. The van der Waals surface area contributed by atoms with Crippen LogP contribution in [-0.2, 0) is 0 Å². The van der Waals surface area contributed by atoms with Crippen molar-refractivity contribution in [3.05, 3.63) is 17.7 Å². The number of nitrogens with one attached hydrogen (secondary N) is 1. The van der Waals surface area contributed by atoms with Crippen molar-refractivity contribution in [2.45, 2.75) is 51.5 Å². The second kappa shape index (κ2) is 6.92. The van der Waals surface area contributed by atoms with Crippen LogP contribution in [0.3, 0.4) is 0 Å². The predicted octanol–water partition coefficient (Wildman–Crippen LogP) is 4.05. The van der Waals surface area contributed by atoms with Crippen molar-refractivity contribution in [1.29, 1.82) is 0 Å². The molecule has 4 fully saturated rings. The van der Waals surface area contributed by atoms with Gasteiger partial charge < -0.3 is 19.5 Å². The van der Waals surface area contributed by atoms with Crippen LogP contribution in [0.2, 0.25) is 0 Å². The first-order chi connectivity index (χ1) is 13.0. The zero-order valence-corrected chi connectivity index (χ0v) is 16.8. The van der Waals surface area contributed by atoms with Crippen LogP contribution in [0.4, 0.5) is 0 Å². The zero-order chi connectivity index (χ0) is 19.2. The second-order valence-electron chi connectivity index (χ2n) is 8.86. The summed E-state index contributed by atoms with van der Waals surface area (Å²) in [6.07, 6.45) is 8.02. The van der Waals surface area contributed by atoms with Crippen molar-refractivity contribution in [3.63, 3.8) is 0 Å². The molecule has 4 saturated carbocycles. The molecule has 4 aliphatic rings. The molecule has 0 saturated heterocycles. The standard InChI is InChI=1S/C22H31NO4/c1-13(22-10-14-7-15(11-22)9-16(8-14)12-22)23-21(24)17-5-6-18(25-2)20(27-4)19(17)26-3/h5-6,13-16H,7-12H2,1-4H3,(H,23,24). The summed E-state index contributed by atoms with van der Waals surface area (Å²) in [6.45, 7) is 2.19. The minimum atomic E-state index is -0.101. The number of carbonyl (C=O) groups excluding carboxylic acids is 1. The van der Waals surface area contributed by atoms with E-state index in [2.05, 4.69) is 12.2 Å². The van der Waals surface area contributed by atoms with Gasteiger partial charge in [-0.15, -0.1) is 0 Å². The number of hydrogen-bond donors (Lipinski definition) is 1. The van der Waals surface area contributed by atoms with E-state index in [4.69, 9.17) is 14.2 Å². The molecule has 1 aromatic rings. The topological polar surface area (TPSA) is 56.8 Å². The Balaban J connectivity index is 1.56. The quantitative estimate of drug-likeness (QED) is 0.817. The fourth-order valence-electron chi connectivity index (χ4n) is 6.42. The van der Waals surface area contributed by atoms with Gasteiger partial charge in [0.15, 0.2) is 11.5 Å². The van der Waals surface area contributed by atoms with Crippen LogP contribution in [-0.4, -0.2) is 33.3 Å². The van der Waals surface area contributed by atoms with Gasteiger partial charge in [-0.1, -0.05) is 0 Å². The number of rotatable bonds is 6. The molecule has 5 rings (SSSR count). The summed E-state index contributed by atoms with van der Waals surface area (Å²) in [5.41, 5.74) is 0.764. The Bertz CT molecular complexity index is 694. The van der Waals surface area contributed by atoms with Crippen molar-refractivity contribution in [3.8, 4) is 17.2 Å². The smallest absolute Gasteiger partial charge is 0.255 e. The molecule has 0 aliphatic heterocycles. The molecule has 0 spiro atoms. The van der Waals surface area contributed by atoms with Gasteiger partial charge in [0.05, 0.1) is 26.9 Å². The average Bonchev–Trinajstić information content (AvgIpc) is 2.65. The number of benzene rings is 1. The van der Waals surface area contributed by atoms with Crippen LogP contribution >= 0.6 is 0 Å². The molecule has 1 N–H and O–H groups in total. The molecular weight excluding hydrogens is 342 g/mol. The lowest BCUT2D eigenvalue weighted by Crippen LogP contribution is -2.55. The molecule has 1 aromatic carbocycles. The Labute approximate surface area is 161 Å². The third kappa shape index (κ3) is 3.05. The summed E-state index contributed by atoms with van der Waals surface area (Å²) in [7, 11) is 4.68. The maximum atomic E-state index is 13.1. The lowest BCUT2D eigenvalue weighted by atomic mass is 9.48. The molecule has 1 atom stereocenters. The van der Waals surface area contributed by atoms with Crippen LogP contribution in [0, 0.1) is 23.2 Å². The summed E-state index contributed by atoms with van der Waals surface area (Å²) in [5.74, 6) is 3.93. The van der Waals surface area contributed by atoms with Gasteiger partial charge in [0.25, 0.3) is 5.91 Å². The van der Waals surface area contributed by atoms with Gasteiger partial charge in [-0.2, -0.15) is 0 Å². The molecule has 0 aromatic heterocycles. The van der Waals surface area contributed by atoms with Gasteiger partial charge in [-0.3, -0.25) is 4.79 Å². The third-order valence-corrected chi connectivity index (χ3v) is 7.30. The van der Waals surface area contributed by atoms with E-state index in [1.54, 1.807) is 33.5 Å². The minimum absolute atomic E-state index is 0.101. The molecular formula is C22H31NO4. The summed E-state index contributed by atoms with van der Waals surface area (Å²) in [6, 6.07) is 3.67. The Morgan fingerprint density at radius 1 is 0.963 bits per heavy atom. The number of methoxy groups -OCH3 is 3. The normalized spacial score (nSPS) is 32.1. The summed E-state index contributed by atoms with van der Waals surface area (Å²) >= 11 is 0. The summed E-state index contributed by atoms with van der Waals surface area (Å²) < 4.78 is 16.2. The van der Waals surface area contributed by atoms with Crippen molar-refractivity contribution >= 4 is 5.91 Å². The fourth-order valence-corrected chi connectivity index (χ4v) is 6.42. The monoisotopic (exact) mass is 373 g/mol. The molecule has 1 unspecified atom stereocenters. The maximum absolute atomic E-state index is 13.1. The molecule has 4 aliphatic carbocycles. The molecule has 5 heteroatoms. The highest BCUT2D eigenvalue weighted by atomic mass is 16.5. The van der Waals surface area contributed by atoms with Crippen molar-refractivity contribution in [2.24, 2.45) is 23.2 Å². The molecule has 148 valence electrons. The van der Waals surface area contributed by atoms with E-state index >= 15 is 0 Å². The first kappa shape index (κ1) is 18.5. The second-order valence-corrected chi connectivity index (χ2v) is 8.86. The van der Waals surface area contributed by atoms with Crippen LogP contribution in [0.1, 0.15) is 55.8 Å². The van der Waals surface area contributed by atoms with Crippen molar-refractivity contribution in [1.82, 2.24) is 5.32 Å². The maximum Gasteiger partial charge on any atom is 0.255 e. The van der Waals surface area contributed by atoms with E-state index in [1.165, 1.54) is 38.5 Å². The van der Waals surface area contributed by atoms with E-state index in [0.717, 1.165) is 17.8 Å². The van der Waals surface area contributed by atoms with E-state index < -0.39 is 0 Å². The van der Waals surface area contributed by atoms with Gasteiger partial charge in [-0.25, -0.2) is 0 Å². The predicted molar refractivity (Wildman–Crippen MR) is 104 cm³/mol. The van der Waals surface area contributed by atoms with Crippen LogP contribution in [0.15, 0.2) is 12.1 Å². The van der Waals surface area contributed by atoms with Crippen LogP contribution in [0.5, 0.6) is 17.2 Å². The van der Waals surface area contributed by atoms with Gasteiger partial charge >= 0.3 is 0 Å². The highest BCUT2D eigenvalue weighted by Gasteiger charge is 2.53. The van der Waals surface area contributed by atoms with Crippen molar-refractivity contribution in [2.75, 3.05) is 21.3 Å². The van der Waals surface area contributed by atoms with E-state index in [9.17, 15) is 4.79 Å². The molecule has 4 bridgehead atoms. The van der Waals surface area contributed by atoms with Gasteiger partial charge in [0.1, 0.15) is 0 Å². The fraction of sp³-hybridized carbons (Fsp3) is 0.682. The van der Waals surface area contributed by atoms with Gasteiger partial charge in [0, 0.05) is 6.04 Å². The van der Waals surface area contributed by atoms with Gasteiger partial charge in [0.2, 0.25) is 5.75 Å². The van der Waals surface area contributed by atoms with E-state index in [-0.39, 0.29) is 17.4 Å². The van der Waals surface area contributed by atoms with Gasteiger partial charge in [-0.05, 0) is 80.8 Å². The summed E-state index contributed by atoms with van der Waals surface area (Å²) in [5, 5.41) is 3.30. The van der Waals surface area contributed by atoms with Crippen molar-refractivity contribution < 1.29 is 19.0 Å². The lowest BCUT2D eigenvalue weighted by Gasteiger charge is -2.59. The highest BCUT2D eigenvalue weighted by molar-refractivity contribution is 5.98. The first-order valence-electron chi connectivity index (χ1n) is 10.1. The number of ether oxygens (including phenoxy) is 3. The molecule has 5 nitrogen and oxygen atoms in total. The van der Waals surface area contributed by atoms with E-state index in [1.807, 2.05) is 0 Å². The Morgan fingerprint density at radius 2 is 1.52 bits per heavy atom. The zero-order valence-electron chi connectivity index (χ0n) is 16.8. The molecule has 0 heterocycles. The first-order valence-corrected chi connectivity index (χ1v) is 10.1. The average molecular weight is 373 g/mol. The Hall–Kier alpha value is -1.91. The van der Waals surface area contributed by atoms with Crippen LogP contribution < -0.4 is 19.5 Å². The largest absolute Gasteiger partial charge is 0.493 e. The summed E-state index contributed by atoms with van der Waals surface area (Å²) in [4.78, 5) is 13.1. The Kier molecular flexibility index (Phi) is 4.73. The molecule has 1 amide bonds. The molecule has 27 heavy (non-hydrogen) atoms. The third-order valence-electron chi connectivity index (χ3n) is 7.30. The Morgan fingerprint density at radius 3 is 2.00 bits per heavy atom. The minimum Gasteiger partial charge on any atom is -0.493 e. The van der Waals surface area contributed by atoms with Crippen LogP contribution in [0.25, 0.3) is 0 Å². The number of amides is 1. The number of carbonyl (C=O) groups is 1. The number of hydrogen-bond acceptors (Lipinski definition) is 4.